The Morgan fingerprint density at radius 2 is 2.46 bits per heavy atom. The average molecular weight is 188 g/mol. The molecule has 1 aliphatic rings. The fourth-order valence-corrected chi connectivity index (χ4v) is 1.36. The molecule has 0 aromatic heterocycles. The molecule has 0 bridgehead atoms. The molecule has 5 heteroatoms. The lowest BCUT2D eigenvalue weighted by Gasteiger charge is -2.14. The quantitative estimate of drug-likeness (QED) is 0.608. The van der Waals surface area contributed by atoms with E-state index in [4.69, 9.17) is 9.84 Å². The van der Waals surface area contributed by atoms with Gasteiger partial charge in [0.1, 0.15) is 0 Å². The van der Waals surface area contributed by atoms with Crippen molar-refractivity contribution in [3.05, 3.63) is 0 Å². The average Bonchev–Trinajstić information content (AvgIpc) is 2.44. The molecule has 1 aliphatic heterocycles. The molecule has 1 saturated heterocycles. The third-order valence-corrected chi connectivity index (χ3v) is 2.13. The molecule has 13 heavy (non-hydrogen) atoms. The van der Waals surface area contributed by atoms with Crippen molar-refractivity contribution in [3.8, 4) is 0 Å². The van der Waals surface area contributed by atoms with Crippen LogP contribution < -0.4 is 0 Å². The van der Waals surface area contributed by atoms with Crippen LogP contribution >= 0.6 is 0 Å². The summed E-state index contributed by atoms with van der Waals surface area (Å²) in [6, 6.07) is 0. The van der Waals surface area contributed by atoms with Crippen LogP contribution in [0.1, 0.15) is 6.42 Å². The summed E-state index contributed by atoms with van der Waals surface area (Å²) < 4.78 is 4.81. The molecule has 1 atom stereocenters. The van der Waals surface area contributed by atoms with Gasteiger partial charge in [0.25, 0.3) is 0 Å². The van der Waals surface area contributed by atoms with Gasteiger partial charge in [-0.3, -0.25) is 9.59 Å². The molecule has 1 amide bonds. The maximum absolute atomic E-state index is 11.2. The van der Waals surface area contributed by atoms with Crippen LogP contribution in [0, 0.1) is 5.92 Å². The lowest BCUT2D eigenvalue weighted by Crippen LogP contribution is -2.29. The van der Waals surface area contributed by atoms with E-state index >= 15 is 0 Å². The fraction of sp³-hybridized carbons (Fsp3) is 0.750. The Balaban J connectivity index is 2.42. The Morgan fingerprint density at radius 3 is 2.92 bits per heavy atom. The standard InChI is InChI=1S/C8H13NO4/c1-13-3-2-9-5-6(8(11)12)4-7(9)10/h6H,2-5H2,1H3,(H,11,12)/i8+1. The number of likely N-dealkylation sites (tertiary alicyclic amines) is 1. The van der Waals surface area contributed by atoms with Crippen molar-refractivity contribution in [2.24, 2.45) is 5.92 Å². The summed E-state index contributed by atoms with van der Waals surface area (Å²) >= 11 is 0. The van der Waals surface area contributed by atoms with Gasteiger partial charge in [-0.15, -0.1) is 0 Å². The van der Waals surface area contributed by atoms with Crippen LogP contribution in [0.2, 0.25) is 0 Å². The molecule has 0 saturated carbocycles. The molecule has 0 radical (unpaired) electrons. The van der Waals surface area contributed by atoms with E-state index < -0.39 is 11.9 Å². The molecule has 1 N–H and O–H groups in total. The molecule has 74 valence electrons. The third-order valence-electron chi connectivity index (χ3n) is 2.13. The summed E-state index contributed by atoms with van der Waals surface area (Å²) in [5, 5.41) is 8.66. The number of amides is 1. The van der Waals surface area contributed by atoms with E-state index in [2.05, 4.69) is 0 Å². The van der Waals surface area contributed by atoms with Crippen LogP contribution in [0.5, 0.6) is 0 Å². The molecule has 1 heterocycles. The molecule has 1 fully saturated rings. The number of carboxylic acid groups (broad SMARTS) is 1. The molecule has 0 aromatic rings. The SMILES string of the molecule is COCCN1CC([13C](=O)O)CC1=O. The highest BCUT2D eigenvalue weighted by molar-refractivity contribution is 5.86. The van der Waals surface area contributed by atoms with Crippen molar-refractivity contribution < 1.29 is 19.4 Å². The summed E-state index contributed by atoms with van der Waals surface area (Å²) in [5.41, 5.74) is 0. The number of aliphatic carboxylic acids is 1. The van der Waals surface area contributed by atoms with E-state index in [1.54, 1.807) is 7.11 Å². The highest BCUT2D eigenvalue weighted by Gasteiger charge is 2.33. The minimum Gasteiger partial charge on any atom is -0.481 e. The summed E-state index contributed by atoms with van der Waals surface area (Å²) in [7, 11) is 1.55. The van der Waals surface area contributed by atoms with Gasteiger partial charge in [0.05, 0.1) is 12.5 Å². The lowest BCUT2D eigenvalue weighted by atomic mass is 10.2. The van der Waals surface area contributed by atoms with Gasteiger partial charge in [-0.2, -0.15) is 0 Å². The first-order chi connectivity index (χ1) is 6.15. The van der Waals surface area contributed by atoms with Gasteiger partial charge >= 0.3 is 5.97 Å². The first kappa shape index (κ1) is 9.98. The van der Waals surface area contributed by atoms with Crippen LogP contribution in [0.4, 0.5) is 0 Å². The van der Waals surface area contributed by atoms with Crippen LogP contribution in [0.3, 0.4) is 0 Å². The molecule has 1 unspecified atom stereocenters. The number of carboxylic acids is 1. The van der Waals surface area contributed by atoms with Crippen LogP contribution in [-0.4, -0.2) is 48.7 Å². The van der Waals surface area contributed by atoms with Crippen molar-refractivity contribution in [2.45, 2.75) is 6.42 Å². The predicted molar refractivity (Wildman–Crippen MR) is 44.2 cm³/mol. The summed E-state index contributed by atoms with van der Waals surface area (Å²) in [6.45, 7) is 1.26. The molecule has 0 spiro atoms. The normalized spacial score (nSPS) is 22.4. The van der Waals surface area contributed by atoms with Crippen LogP contribution in [0.15, 0.2) is 0 Å². The number of nitrogens with zero attached hydrogens (tertiary/aromatic N) is 1. The molecule has 5 nitrogen and oxygen atoms in total. The van der Waals surface area contributed by atoms with E-state index in [0.29, 0.717) is 19.7 Å². The smallest absolute Gasteiger partial charge is 0.308 e. The highest BCUT2D eigenvalue weighted by Crippen LogP contribution is 2.17. The van der Waals surface area contributed by atoms with E-state index in [9.17, 15) is 9.59 Å². The largest absolute Gasteiger partial charge is 0.481 e. The second-order valence-corrected chi connectivity index (χ2v) is 3.07. The van der Waals surface area contributed by atoms with Crippen molar-refractivity contribution in [3.63, 3.8) is 0 Å². The number of hydrogen-bond acceptors (Lipinski definition) is 3. The van der Waals surface area contributed by atoms with Crippen molar-refractivity contribution >= 4 is 11.9 Å². The van der Waals surface area contributed by atoms with Gasteiger partial charge in [-0.05, 0) is 0 Å². The Kier molecular flexibility index (Phi) is 3.25. The predicted octanol–water partition coefficient (Wildman–Crippen LogP) is -0.434. The van der Waals surface area contributed by atoms with Gasteiger partial charge in [-0.1, -0.05) is 0 Å². The molecular weight excluding hydrogens is 175 g/mol. The second-order valence-electron chi connectivity index (χ2n) is 3.07. The van der Waals surface area contributed by atoms with Gasteiger partial charge in [0.2, 0.25) is 5.91 Å². The maximum atomic E-state index is 11.2. The Bertz CT molecular complexity index is 216. The number of hydrogen-bond donors (Lipinski definition) is 1. The Hall–Kier alpha value is -1.10. The van der Waals surface area contributed by atoms with E-state index in [1.807, 2.05) is 0 Å². The minimum atomic E-state index is -0.895. The van der Waals surface area contributed by atoms with Gasteiger partial charge < -0.3 is 14.7 Å². The Morgan fingerprint density at radius 1 is 1.77 bits per heavy atom. The number of carbonyl (C=O) groups excluding carboxylic acids is 1. The molecule has 0 aromatic carbocycles. The summed E-state index contributed by atoms with van der Waals surface area (Å²) in [5.74, 6) is -1.53. The molecular formula is C8H13NO4. The van der Waals surface area contributed by atoms with Crippen molar-refractivity contribution in [1.29, 1.82) is 0 Å². The van der Waals surface area contributed by atoms with Crippen LogP contribution in [0.25, 0.3) is 0 Å². The maximum Gasteiger partial charge on any atom is 0.308 e. The fourth-order valence-electron chi connectivity index (χ4n) is 1.36. The summed E-state index contributed by atoms with van der Waals surface area (Å²) in [4.78, 5) is 23.3. The lowest BCUT2D eigenvalue weighted by molar-refractivity contribution is -0.141. The number of ether oxygens (including phenoxy) is 1. The topological polar surface area (TPSA) is 66.8 Å². The zero-order chi connectivity index (χ0) is 9.84. The number of rotatable bonds is 4. The molecule has 0 aliphatic carbocycles. The van der Waals surface area contributed by atoms with Crippen LogP contribution in [-0.2, 0) is 14.3 Å². The van der Waals surface area contributed by atoms with Gasteiger partial charge in [-0.25, -0.2) is 0 Å². The highest BCUT2D eigenvalue weighted by atomic mass is 16.5. The van der Waals surface area contributed by atoms with Gasteiger partial charge in [0, 0.05) is 26.6 Å². The first-order valence-electron chi connectivity index (χ1n) is 4.14. The Labute approximate surface area is 76.3 Å². The minimum absolute atomic E-state index is 0.0931. The summed E-state index contributed by atoms with van der Waals surface area (Å²) in [6.07, 6.45) is 0.124. The van der Waals surface area contributed by atoms with E-state index in [0.717, 1.165) is 0 Å². The van der Waals surface area contributed by atoms with E-state index in [1.165, 1.54) is 4.90 Å². The van der Waals surface area contributed by atoms with Crippen molar-refractivity contribution in [1.82, 2.24) is 4.90 Å². The number of carbonyl (C=O) groups is 2. The first-order valence-corrected chi connectivity index (χ1v) is 4.14. The zero-order valence-corrected chi connectivity index (χ0v) is 7.52. The van der Waals surface area contributed by atoms with Crippen molar-refractivity contribution in [2.75, 3.05) is 26.8 Å². The third kappa shape index (κ3) is 2.42. The monoisotopic (exact) mass is 188 g/mol. The molecule has 1 rings (SSSR count). The second kappa shape index (κ2) is 4.23. The van der Waals surface area contributed by atoms with Gasteiger partial charge in [0.15, 0.2) is 0 Å². The van der Waals surface area contributed by atoms with E-state index in [-0.39, 0.29) is 12.3 Å². The zero-order valence-electron chi connectivity index (χ0n) is 7.52. The number of methoxy groups -OCH3 is 1.